The normalized spacial score (nSPS) is 12.4. The second kappa shape index (κ2) is 6.41. The Bertz CT molecular complexity index is 508. The fourth-order valence-electron chi connectivity index (χ4n) is 1.66. The molecule has 0 aromatic heterocycles. The van der Waals surface area contributed by atoms with Crippen LogP contribution in [0, 0.1) is 0 Å². The van der Waals surface area contributed by atoms with E-state index in [1.165, 1.54) is 16.0 Å². The SMILES string of the molecule is CC(N)c1ccc(SCc2cccc(Br)c2)cc1. The van der Waals surface area contributed by atoms with Gasteiger partial charge in [-0.3, -0.25) is 0 Å². The van der Waals surface area contributed by atoms with Crippen molar-refractivity contribution in [3.8, 4) is 0 Å². The summed E-state index contributed by atoms with van der Waals surface area (Å²) in [5.74, 6) is 0.983. The molecular formula is C15H16BrNS. The molecule has 18 heavy (non-hydrogen) atoms. The zero-order valence-corrected chi connectivity index (χ0v) is 12.7. The molecular weight excluding hydrogens is 306 g/mol. The number of benzene rings is 2. The Morgan fingerprint density at radius 1 is 1.17 bits per heavy atom. The summed E-state index contributed by atoms with van der Waals surface area (Å²) in [7, 11) is 0. The van der Waals surface area contributed by atoms with E-state index in [1.807, 2.05) is 24.8 Å². The van der Waals surface area contributed by atoms with E-state index < -0.39 is 0 Å². The maximum atomic E-state index is 5.83. The predicted octanol–water partition coefficient (Wildman–Crippen LogP) is 4.76. The molecule has 0 saturated carbocycles. The van der Waals surface area contributed by atoms with E-state index >= 15 is 0 Å². The van der Waals surface area contributed by atoms with Crippen molar-refractivity contribution in [2.45, 2.75) is 23.6 Å². The van der Waals surface area contributed by atoms with Gasteiger partial charge < -0.3 is 5.73 Å². The number of halogens is 1. The van der Waals surface area contributed by atoms with E-state index in [-0.39, 0.29) is 6.04 Å². The van der Waals surface area contributed by atoms with Crippen LogP contribution in [0.4, 0.5) is 0 Å². The van der Waals surface area contributed by atoms with Crippen LogP contribution in [-0.4, -0.2) is 0 Å². The van der Waals surface area contributed by atoms with Crippen molar-refractivity contribution in [2.75, 3.05) is 0 Å². The van der Waals surface area contributed by atoms with Crippen molar-refractivity contribution in [3.05, 3.63) is 64.1 Å². The molecule has 0 spiro atoms. The molecule has 2 N–H and O–H groups in total. The Morgan fingerprint density at radius 3 is 2.50 bits per heavy atom. The highest BCUT2D eigenvalue weighted by molar-refractivity contribution is 9.10. The molecule has 0 radical (unpaired) electrons. The van der Waals surface area contributed by atoms with Crippen LogP contribution in [0.1, 0.15) is 24.1 Å². The molecule has 0 aliphatic heterocycles. The van der Waals surface area contributed by atoms with Crippen LogP contribution >= 0.6 is 27.7 Å². The lowest BCUT2D eigenvalue weighted by Gasteiger charge is -2.07. The van der Waals surface area contributed by atoms with E-state index in [9.17, 15) is 0 Å². The molecule has 2 aromatic rings. The summed E-state index contributed by atoms with van der Waals surface area (Å²) < 4.78 is 1.13. The number of nitrogens with two attached hydrogens (primary N) is 1. The summed E-state index contributed by atoms with van der Waals surface area (Å²) >= 11 is 5.33. The van der Waals surface area contributed by atoms with Crippen LogP contribution in [0.3, 0.4) is 0 Å². The van der Waals surface area contributed by atoms with Gasteiger partial charge in [-0.2, -0.15) is 0 Å². The molecule has 0 aliphatic rings. The molecule has 0 bridgehead atoms. The van der Waals surface area contributed by atoms with Gasteiger partial charge in [0, 0.05) is 21.2 Å². The first-order valence-electron chi connectivity index (χ1n) is 5.88. The van der Waals surface area contributed by atoms with Crippen molar-refractivity contribution in [1.29, 1.82) is 0 Å². The average Bonchev–Trinajstić information content (AvgIpc) is 2.37. The summed E-state index contributed by atoms with van der Waals surface area (Å²) in [6.45, 7) is 2.00. The van der Waals surface area contributed by atoms with Gasteiger partial charge in [0.15, 0.2) is 0 Å². The van der Waals surface area contributed by atoms with Gasteiger partial charge in [0.25, 0.3) is 0 Å². The largest absolute Gasteiger partial charge is 0.324 e. The second-order valence-corrected chi connectivity index (χ2v) is 6.24. The predicted molar refractivity (Wildman–Crippen MR) is 82.7 cm³/mol. The van der Waals surface area contributed by atoms with Crippen LogP contribution in [0.2, 0.25) is 0 Å². The molecule has 3 heteroatoms. The summed E-state index contributed by atoms with van der Waals surface area (Å²) in [4.78, 5) is 1.28. The minimum absolute atomic E-state index is 0.106. The standard InChI is InChI=1S/C15H16BrNS/c1-11(17)13-5-7-15(8-6-13)18-10-12-3-2-4-14(16)9-12/h2-9,11H,10,17H2,1H3. The molecule has 1 unspecified atom stereocenters. The lowest BCUT2D eigenvalue weighted by Crippen LogP contribution is -2.04. The fourth-order valence-corrected chi connectivity index (χ4v) is 2.95. The van der Waals surface area contributed by atoms with E-state index in [0.29, 0.717) is 0 Å². The van der Waals surface area contributed by atoms with Crippen molar-refractivity contribution in [1.82, 2.24) is 0 Å². The van der Waals surface area contributed by atoms with Crippen molar-refractivity contribution in [3.63, 3.8) is 0 Å². The third kappa shape index (κ3) is 3.87. The van der Waals surface area contributed by atoms with Gasteiger partial charge in [0.1, 0.15) is 0 Å². The van der Waals surface area contributed by atoms with Gasteiger partial charge in [-0.1, -0.05) is 40.2 Å². The first kappa shape index (κ1) is 13.7. The first-order valence-corrected chi connectivity index (χ1v) is 7.66. The molecule has 0 aliphatic carbocycles. The molecule has 2 rings (SSSR count). The van der Waals surface area contributed by atoms with Crippen molar-refractivity contribution < 1.29 is 0 Å². The zero-order chi connectivity index (χ0) is 13.0. The van der Waals surface area contributed by atoms with Gasteiger partial charge in [-0.05, 0) is 42.3 Å². The smallest absolute Gasteiger partial charge is 0.0266 e. The van der Waals surface area contributed by atoms with Crippen molar-refractivity contribution >= 4 is 27.7 Å². The highest BCUT2D eigenvalue weighted by Gasteiger charge is 2.00. The lowest BCUT2D eigenvalue weighted by molar-refractivity contribution is 0.817. The average molecular weight is 322 g/mol. The molecule has 0 saturated heterocycles. The highest BCUT2D eigenvalue weighted by atomic mass is 79.9. The lowest BCUT2D eigenvalue weighted by atomic mass is 10.1. The highest BCUT2D eigenvalue weighted by Crippen LogP contribution is 2.25. The van der Waals surface area contributed by atoms with Gasteiger partial charge in [0.2, 0.25) is 0 Å². The molecule has 2 aromatic carbocycles. The Morgan fingerprint density at radius 2 is 1.89 bits per heavy atom. The van der Waals surface area contributed by atoms with Crippen LogP contribution in [0.25, 0.3) is 0 Å². The van der Waals surface area contributed by atoms with Crippen molar-refractivity contribution in [2.24, 2.45) is 5.73 Å². The molecule has 94 valence electrons. The molecule has 1 atom stereocenters. The molecule has 0 amide bonds. The fraction of sp³-hybridized carbons (Fsp3) is 0.200. The third-order valence-corrected chi connectivity index (χ3v) is 4.28. The van der Waals surface area contributed by atoms with E-state index in [1.54, 1.807) is 0 Å². The molecule has 0 fully saturated rings. The van der Waals surface area contributed by atoms with Crippen LogP contribution in [0.5, 0.6) is 0 Å². The van der Waals surface area contributed by atoms with Gasteiger partial charge in [-0.15, -0.1) is 11.8 Å². The minimum atomic E-state index is 0.106. The van der Waals surface area contributed by atoms with E-state index in [4.69, 9.17) is 5.73 Å². The van der Waals surface area contributed by atoms with E-state index in [2.05, 4.69) is 58.4 Å². The first-order chi connectivity index (χ1) is 8.65. The Balaban J connectivity index is 1.98. The summed E-state index contributed by atoms with van der Waals surface area (Å²) in [6.07, 6.45) is 0. The quantitative estimate of drug-likeness (QED) is 0.821. The number of thioether (sulfide) groups is 1. The summed E-state index contributed by atoms with van der Waals surface area (Å²) in [5.41, 5.74) is 8.34. The summed E-state index contributed by atoms with van der Waals surface area (Å²) in [5, 5.41) is 0. The summed E-state index contributed by atoms with van der Waals surface area (Å²) in [6, 6.07) is 17.0. The third-order valence-electron chi connectivity index (χ3n) is 2.70. The van der Waals surface area contributed by atoms with Crippen LogP contribution < -0.4 is 5.73 Å². The topological polar surface area (TPSA) is 26.0 Å². The number of hydrogen-bond acceptors (Lipinski definition) is 2. The Kier molecular flexibility index (Phi) is 4.87. The Hall–Kier alpha value is -0.770. The zero-order valence-electron chi connectivity index (χ0n) is 10.3. The van der Waals surface area contributed by atoms with Crippen LogP contribution in [-0.2, 0) is 5.75 Å². The number of rotatable bonds is 4. The maximum Gasteiger partial charge on any atom is 0.0266 e. The molecule has 1 nitrogen and oxygen atoms in total. The van der Waals surface area contributed by atoms with Gasteiger partial charge in [0.05, 0.1) is 0 Å². The van der Waals surface area contributed by atoms with Gasteiger partial charge >= 0.3 is 0 Å². The van der Waals surface area contributed by atoms with Gasteiger partial charge in [-0.25, -0.2) is 0 Å². The minimum Gasteiger partial charge on any atom is -0.324 e. The monoisotopic (exact) mass is 321 g/mol. The maximum absolute atomic E-state index is 5.83. The number of hydrogen-bond donors (Lipinski definition) is 1. The van der Waals surface area contributed by atoms with Crippen LogP contribution in [0.15, 0.2) is 57.9 Å². The van der Waals surface area contributed by atoms with E-state index in [0.717, 1.165) is 10.2 Å². The molecule has 0 heterocycles. The second-order valence-electron chi connectivity index (χ2n) is 4.28. The Labute approximate surface area is 121 Å².